The average molecular weight is 320 g/mol. The van der Waals surface area contributed by atoms with Crippen LogP contribution in [0.4, 0.5) is 0 Å². The van der Waals surface area contributed by atoms with Crippen LogP contribution in [0.25, 0.3) is 0 Å². The molecule has 0 saturated heterocycles. The Bertz CT molecular complexity index is 470. The summed E-state index contributed by atoms with van der Waals surface area (Å²) in [5.74, 6) is 0.851. The molecule has 0 heterocycles. The van der Waals surface area contributed by atoms with Gasteiger partial charge in [-0.15, -0.1) is 0 Å². The van der Waals surface area contributed by atoms with Crippen LogP contribution in [0.3, 0.4) is 0 Å². The quantitative estimate of drug-likeness (QED) is 0.773. The van der Waals surface area contributed by atoms with E-state index >= 15 is 0 Å². The number of aliphatic hydroxyl groups is 1. The number of nitrogens with one attached hydrogen (secondary N) is 1. The molecule has 0 radical (unpaired) electrons. The van der Waals surface area contributed by atoms with E-state index in [9.17, 15) is 5.11 Å². The largest absolute Gasteiger partial charge is 0.491 e. The van der Waals surface area contributed by atoms with Crippen LogP contribution < -0.4 is 10.1 Å². The van der Waals surface area contributed by atoms with E-state index in [4.69, 9.17) is 4.74 Å². The van der Waals surface area contributed by atoms with Crippen molar-refractivity contribution in [3.63, 3.8) is 0 Å². The third kappa shape index (κ3) is 5.20. The van der Waals surface area contributed by atoms with Crippen LogP contribution in [0, 0.1) is 6.92 Å². The highest BCUT2D eigenvalue weighted by molar-refractivity contribution is 5.31. The molecule has 1 aromatic rings. The number of hydrogen-bond donors (Lipinski definition) is 2. The van der Waals surface area contributed by atoms with Crippen LogP contribution >= 0.6 is 0 Å². The van der Waals surface area contributed by atoms with Crippen molar-refractivity contribution in [1.29, 1.82) is 0 Å². The zero-order valence-corrected chi connectivity index (χ0v) is 14.8. The van der Waals surface area contributed by atoms with Gasteiger partial charge in [0.25, 0.3) is 0 Å². The number of aliphatic hydroxyl groups excluding tert-OH is 1. The SMILES string of the molecule is Cc1ccccc1OC[C@@H](O)CNCC1(N(C)C)CCCCC1. The minimum atomic E-state index is -0.489. The zero-order valence-electron chi connectivity index (χ0n) is 14.8. The second kappa shape index (κ2) is 8.67. The topological polar surface area (TPSA) is 44.7 Å². The molecule has 130 valence electrons. The van der Waals surface area contributed by atoms with Gasteiger partial charge < -0.3 is 20.1 Å². The minimum absolute atomic E-state index is 0.245. The Labute approximate surface area is 140 Å². The van der Waals surface area contributed by atoms with Gasteiger partial charge in [-0.2, -0.15) is 0 Å². The normalized spacial score (nSPS) is 18.8. The van der Waals surface area contributed by atoms with E-state index in [1.165, 1.54) is 32.1 Å². The molecule has 0 bridgehead atoms. The van der Waals surface area contributed by atoms with Crippen molar-refractivity contribution >= 4 is 0 Å². The fourth-order valence-electron chi connectivity index (χ4n) is 3.43. The van der Waals surface area contributed by atoms with Gasteiger partial charge in [0, 0.05) is 18.6 Å². The summed E-state index contributed by atoms with van der Waals surface area (Å²) in [6.07, 6.45) is 5.95. The molecule has 4 heteroatoms. The van der Waals surface area contributed by atoms with Crippen molar-refractivity contribution in [3.05, 3.63) is 29.8 Å². The van der Waals surface area contributed by atoms with Crippen molar-refractivity contribution in [1.82, 2.24) is 10.2 Å². The lowest BCUT2D eigenvalue weighted by Crippen LogP contribution is -2.53. The molecule has 1 fully saturated rings. The maximum Gasteiger partial charge on any atom is 0.122 e. The molecular formula is C19H32N2O2. The fraction of sp³-hybridized carbons (Fsp3) is 0.684. The first-order valence-corrected chi connectivity index (χ1v) is 8.78. The third-order valence-electron chi connectivity index (χ3n) is 5.09. The van der Waals surface area contributed by atoms with Gasteiger partial charge in [-0.1, -0.05) is 37.5 Å². The predicted molar refractivity (Wildman–Crippen MR) is 95.1 cm³/mol. The number of hydrogen-bond acceptors (Lipinski definition) is 4. The van der Waals surface area contributed by atoms with E-state index in [2.05, 4.69) is 24.3 Å². The lowest BCUT2D eigenvalue weighted by atomic mass is 9.80. The third-order valence-corrected chi connectivity index (χ3v) is 5.09. The number of ether oxygens (including phenoxy) is 1. The molecule has 0 aliphatic heterocycles. The summed E-state index contributed by atoms with van der Waals surface area (Å²) in [4.78, 5) is 2.36. The number of rotatable bonds is 8. The molecule has 2 rings (SSSR count). The summed E-state index contributed by atoms with van der Waals surface area (Å²) in [7, 11) is 4.34. The second-order valence-corrected chi connectivity index (χ2v) is 7.04. The van der Waals surface area contributed by atoms with Gasteiger partial charge in [-0.25, -0.2) is 0 Å². The minimum Gasteiger partial charge on any atom is -0.491 e. The van der Waals surface area contributed by atoms with E-state index in [1.54, 1.807) is 0 Å². The number of para-hydroxylation sites is 1. The summed E-state index contributed by atoms with van der Waals surface area (Å²) in [6.45, 7) is 3.85. The van der Waals surface area contributed by atoms with Gasteiger partial charge in [0.15, 0.2) is 0 Å². The summed E-state index contributed by atoms with van der Waals surface area (Å²) >= 11 is 0. The predicted octanol–water partition coefficient (Wildman–Crippen LogP) is 2.59. The van der Waals surface area contributed by atoms with Gasteiger partial charge in [0.1, 0.15) is 18.5 Å². The molecule has 1 aromatic carbocycles. The summed E-state index contributed by atoms with van der Waals surface area (Å²) < 4.78 is 5.71. The standard InChI is InChI=1S/C19H32N2O2/c1-16-9-5-6-10-18(16)23-14-17(22)13-20-15-19(21(2)3)11-7-4-8-12-19/h5-6,9-10,17,20,22H,4,7-8,11-15H2,1-3H3/t17-/m0/s1. The van der Waals surface area contributed by atoms with Crippen molar-refractivity contribution < 1.29 is 9.84 Å². The van der Waals surface area contributed by atoms with Gasteiger partial charge >= 0.3 is 0 Å². The fourth-order valence-corrected chi connectivity index (χ4v) is 3.43. The number of benzene rings is 1. The van der Waals surface area contributed by atoms with Crippen molar-refractivity contribution in [2.45, 2.75) is 50.7 Å². The molecule has 1 saturated carbocycles. The maximum atomic E-state index is 10.2. The zero-order chi connectivity index (χ0) is 16.7. The van der Waals surface area contributed by atoms with Gasteiger partial charge in [-0.05, 0) is 45.5 Å². The Balaban J connectivity index is 1.73. The van der Waals surface area contributed by atoms with Gasteiger partial charge in [0.2, 0.25) is 0 Å². The molecule has 0 unspecified atom stereocenters. The molecule has 0 aromatic heterocycles. The van der Waals surface area contributed by atoms with Crippen LogP contribution in [-0.2, 0) is 0 Å². The molecule has 2 N–H and O–H groups in total. The number of aryl methyl sites for hydroxylation is 1. The first-order chi connectivity index (χ1) is 11.0. The Morgan fingerprint density at radius 3 is 2.57 bits per heavy atom. The molecule has 1 aliphatic carbocycles. The van der Waals surface area contributed by atoms with Crippen LogP contribution in [0.2, 0.25) is 0 Å². The lowest BCUT2D eigenvalue weighted by Gasteiger charge is -2.43. The van der Waals surface area contributed by atoms with Crippen LogP contribution in [-0.4, -0.2) is 55.4 Å². The maximum absolute atomic E-state index is 10.2. The molecule has 0 spiro atoms. The first kappa shape index (κ1) is 18.2. The van der Waals surface area contributed by atoms with Gasteiger partial charge in [0.05, 0.1) is 0 Å². The smallest absolute Gasteiger partial charge is 0.122 e. The monoisotopic (exact) mass is 320 g/mol. The van der Waals surface area contributed by atoms with E-state index in [1.807, 2.05) is 31.2 Å². The van der Waals surface area contributed by atoms with Crippen LogP contribution in [0.5, 0.6) is 5.75 Å². The van der Waals surface area contributed by atoms with E-state index in [0.29, 0.717) is 13.2 Å². The lowest BCUT2D eigenvalue weighted by molar-refractivity contribution is 0.0788. The van der Waals surface area contributed by atoms with Crippen molar-refractivity contribution in [2.24, 2.45) is 0 Å². The Morgan fingerprint density at radius 2 is 1.91 bits per heavy atom. The molecule has 1 atom stereocenters. The highest BCUT2D eigenvalue weighted by Gasteiger charge is 2.33. The number of likely N-dealkylation sites (N-methyl/N-ethyl adjacent to an activating group) is 1. The molecular weight excluding hydrogens is 288 g/mol. The van der Waals surface area contributed by atoms with Crippen LogP contribution in [0.1, 0.15) is 37.7 Å². The summed E-state index contributed by atoms with van der Waals surface area (Å²) in [5, 5.41) is 13.6. The Hall–Kier alpha value is -1.10. The molecule has 4 nitrogen and oxygen atoms in total. The first-order valence-electron chi connectivity index (χ1n) is 8.78. The summed E-state index contributed by atoms with van der Waals surface area (Å²) in [5.41, 5.74) is 1.34. The summed E-state index contributed by atoms with van der Waals surface area (Å²) in [6, 6.07) is 7.91. The van der Waals surface area contributed by atoms with Gasteiger partial charge in [-0.3, -0.25) is 0 Å². The van der Waals surface area contributed by atoms with E-state index in [-0.39, 0.29) is 5.54 Å². The highest BCUT2D eigenvalue weighted by atomic mass is 16.5. The highest BCUT2D eigenvalue weighted by Crippen LogP contribution is 2.31. The van der Waals surface area contributed by atoms with E-state index < -0.39 is 6.10 Å². The van der Waals surface area contributed by atoms with Crippen LogP contribution in [0.15, 0.2) is 24.3 Å². The van der Waals surface area contributed by atoms with Crippen molar-refractivity contribution in [3.8, 4) is 5.75 Å². The number of nitrogens with zero attached hydrogens (tertiary/aromatic N) is 1. The average Bonchev–Trinajstić information content (AvgIpc) is 2.55. The molecule has 23 heavy (non-hydrogen) atoms. The van der Waals surface area contributed by atoms with Crippen molar-refractivity contribution in [2.75, 3.05) is 33.8 Å². The molecule has 1 aliphatic rings. The molecule has 0 amide bonds. The Kier molecular flexibility index (Phi) is 6.88. The van der Waals surface area contributed by atoms with E-state index in [0.717, 1.165) is 17.9 Å². The second-order valence-electron chi connectivity index (χ2n) is 7.04. The Morgan fingerprint density at radius 1 is 1.22 bits per heavy atom.